The van der Waals surface area contributed by atoms with Gasteiger partial charge in [-0.15, -0.1) is 11.6 Å². The van der Waals surface area contributed by atoms with E-state index in [9.17, 15) is 9.90 Å². The maximum Gasteiger partial charge on any atom is 0.335 e. The number of aromatic carboxylic acids is 1. The highest BCUT2D eigenvalue weighted by Crippen LogP contribution is 2.48. The third-order valence-electron chi connectivity index (χ3n) is 9.91. The molecule has 7 rings (SSSR count). The van der Waals surface area contributed by atoms with Crippen LogP contribution in [0.3, 0.4) is 0 Å². The van der Waals surface area contributed by atoms with E-state index in [1.54, 1.807) is 6.07 Å². The van der Waals surface area contributed by atoms with Crippen molar-refractivity contribution in [2.75, 3.05) is 37.6 Å². The van der Waals surface area contributed by atoms with Gasteiger partial charge in [0.15, 0.2) is 0 Å². The first-order chi connectivity index (χ1) is 21.5. The summed E-state index contributed by atoms with van der Waals surface area (Å²) in [6.45, 7) is 6.07. The number of carboxylic acid groups (broad SMARTS) is 1. The lowest BCUT2D eigenvalue weighted by Gasteiger charge is -2.33. The molecule has 3 heterocycles. The first-order valence-electron chi connectivity index (χ1n) is 16.4. The van der Waals surface area contributed by atoms with E-state index in [1.165, 1.54) is 60.0 Å². The van der Waals surface area contributed by atoms with E-state index in [0.717, 1.165) is 68.9 Å². The number of carboxylic acids is 1. The summed E-state index contributed by atoms with van der Waals surface area (Å²) in [5.41, 5.74) is 7.62. The lowest BCUT2D eigenvalue weighted by molar-refractivity contribution is 0.0697. The zero-order valence-corrected chi connectivity index (χ0v) is 26.1. The van der Waals surface area contributed by atoms with Gasteiger partial charge in [-0.3, -0.25) is 0 Å². The Kier molecular flexibility index (Phi) is 8.55. The van der Waals surface area contributed by atoms with Crippen LogP contribution in [0.1, 0.15) is 72.3 Å². The molecule has 0 bridgehead atoms. The molecule has 1 unspecified atom stereocenters. The summed E-state index contributed by atoms with van der Waals surface area (Å²) in [6.07, 6.45) is 8.38. The topological polar surface area (TPSA) is 57.9 Å². The molecule has 4 aromatic rings. The summed E-state index contributed by atoms with van der Waals surface area (Å²) in [7, 11) is 0. The van der Waals surface area contributed by atoms with Crippen LogP contribution in [-0.2, 0) is 13.2 Å². The highest BCUT2D eigenvalue weighted by Gasteiger charge is 2.31. The third kappa shape index (κ3) is 5.94. The van der Waals surface area contributed by atoms with Crippen LogP contribution in [0, 0.1) is 0 Å². The first-order valence-corrected chi connectivity index (χ1v) is 16.8. The fourth-order valence-corrected chi connectivity index (χ4v) is 8.03. The second kappa shape index (κ2) is 12.9. The Morgan fingerprint density at radius 1 is 0.886 bits per heavy atom. The number of anilines is 1. The Morgan fingerprint density at radius 3 is 2.52 bits per heavy atom. The molecule has 1 aliphatic carbocycles. The van der Waals surface area contributed by atoms with E-state index in [2.05, 4.69) is 50.8 Å². The molecule has 1 N–H and O–H groups in total. The van der Waals surface area contributed by atoms with E-state index >= 15 is 0 Å². The van der Waals surface area contributed by atoms with Crippen molar-refractivity contribution in [1.82, 2.24) is 9.47 Å². The van der Waals surface area contributed by atoms with Crippen LogP contribution in [0.4, 0.5) is 5.69 Å². The van der Waals surface area contributed by atoms with Gasteiger partial charge in [0, 0.05) is 66.3 Å². The number of alkyl halides is 1. The van der Waals surface area contributed by atoms with Gasteiger partial charge < -0.3 is 24.2 Å². The van der Waals surface area contributed by atoms with Crippen molar-refractivity contribution in [2.45, 2.75) is 69.4 Å². The van der Waals surface area contributed by atoms with Gasteiger partial charge in [0.2, 0.25) is 0 Å². The number of ether oxygens (including phenoxy) is 1. The summed E-state index contributed by atoms with van der Waals surface area (Å²) in [4.78, 5) is 17.1. The number of carbonyl (C=O) groups is 1. The van der Waals surface area contributed by atoms with Gasteiger partial charge in [-0.2, -0.15) is 0 Å². The molecule has 0 spiro atoms. The minimum Gasteiger partial charge on any atom is -0.489 e. The molecule has 6 nitrogen and oxygen atoms in total. The number of hydrogen-bond donors (Lipinski definition) is 1. The van der Waals surface area contributed by atoms with Gasteiger partial charge in [0.1, 0.15) is 12.4 Å². The molecule has 0 amide bonds. The number of rotatable bonds is 8. The van der Waals surface area contributed by atoms with Crippen LogP contribution in [0.15, 0.2) is 66.7 Å². The number of likely N-dealkylation sites (tertiary alicyclic amines) is 1. The normalized spacial score (nSPS) is 19.4. The number of hydrogen-bond acceptors (Lipinski definition) is 4. The summed E-state index contributed by atoms with van der Waals surface area (Å²) in [5, 5.41) is 11.3. The summed E-state index contributed by atoms with van der Waals surface area (Å²) in [6, 6.07) is 22.7. The van der Waals surface area contributed by atoms with Crippen LogP contribution >= 0.6 is 11.6 Å². The lowest BCUT2D eigenvalue weighted by Crippen LogP contribution is -2.41. The third-order valence-corrected chi connectivity index (χ3v) is 10.3. The second-order valence-corrected chi connectivity index (χ2v) is 13.4. The molecule has 3 aromatic carbocycles. The van der Waals surface area contributed by atoms with E-state index < -0.39 is 5.97 Å². The predicted octanol–water partition coefficient (Wildman–Crippen LogP) is 8.16. The van der Waals surface area contributed by atoms with Crippen molar-refractivity contribution < 1.29 is 14.6 Å². The van der Waals surface area contributed by atoms with Gasteiger partial charge >= 0.3 is 5.97 Å². The smallest absolute Gasteiger partial charge is 0.335 e. The molecule has 230 valence electrons. The lowest BCUT2D eigenvalue weighted by atomic mass is 9.81. The Balaban J connectivity index is 1.32. The monoisotopic (exact) mass is 611 g/mol. The number of benzene rings is 3. The number of aromatic nitrogens is 1. The molecule has 1 saturated heterocycles. The van der Waals surface area contributed by atoms with Crippen molar-refractivity contribution in [3.8, 4) is 17.0 Å². The maximum absolute atomic E-state index is 12.1. The fourth-order valence-electron chi connectivity index (χ4n) is 7.68. The molecule has 44 heavy (non-hydrogen) atoms. The Hall–Kier alpha value is -3.48. The molecular formula is C37H42ClN3O3. The Morgan fingerprint density at radius 2 is 1.73 bits per heavy atom. The number of piperidine rings is 1. The molecular weight excluding hydrogens is 570 g/mol. The van der Waals surface area contributed by atoms with Crippen LogP contribution in [0.25, 0.3) is 22.2 Å². The van der Waals surface area contributed by atoms with Crippen LogP contribution in [0.2, 0.25) is 0 Å². The van der Waals surface area contributed by atoms with Crippen molar-refractivity contribution in [3.63, 3.8) is 0 Å². The summed E-state index contributed by atoms with van der Waals surface area (Å²) < 4.78 is 8.79. The second-order valence-electron chi connectivity index (χ2n) is 12.8. The van der Waals surface area contributed by atoms with Crippen LogP contribution < -0.4 is 9.64 Å². The molecule has 7 heteroatoms. The highest BCUT2D eigenvalue weighted by molar-refractivity contribution is 6.20. The number of nitrogens with zero attached hydrogens (tertiary/aromatic N) is 3. The van der Waals surface area contributed by atoms with Gasteiger partial charge in [0.05, 0.1) is 11.3 Å². The first kappa shape index (κ1) is 29.2. The summed E-state index contributed by atoms with van der Waals surface area (Å²) in [5.74, 6) is 0.463. The average molecular weight is 612 g/mol. The molecule has 1 atom stereocenters. The molecule has 0 radical (unpaired) electrons. The number of fused-ring (bicyclic) bond motifs is 5. The van der Waals surface area contributed by atoms with Gasteiger partial charge in [-0.25, -0.2) is 4.79 Å². The summed E-state index contributed by atoms with van der Waals surface area (Å²) >= 11 is 6.56. The van der Waals surface area contributed by atoms with Gasteiger partial charge in [0.25, 0.3) is 0 Å². The van der Waals surface area contributed by atoms with Gasteiger partial charge in [-0.05, 0) is 73.5 Å². The Bertz CT molecular complexity index is 1630. The fraction of sp³-hybridized carbons (Fsp3) is 0.432. The van der Waals surface area contributed by atoms with E-state index in [4.69, 9.17) is 16.3 Å². The average Bonchev–Trinajstić information content (AvgIpc) is 3.29. The minimum atomic E-state index is -0.878. The highest BCUT2D eigenvalue weighted by atomic mass is 35.5. The molecule has 1 aromatic heterocycles. The van der Waals surface area contributed by atoms with Crippen molar-refractivity contribution in [2.24, 2.45) is 0 Å². The van der Waals surface area contributed by atoms with E-state index in [-0.39, 0.29) is 5.38 Å². The minimum absolute atomic E-state index is 0.228. The quantitative estimate of drug-likeness (QED) is 0.204. The molecule has 3 aliphatic rings. The molecule has 2 fully saturated rings. The van der Waals surface area contributed by atoms with Crippen molar-refractivity contribution >= 4 is 34.2 Å². The molecule has 1 saturated carbocycles. The van der Waals surface area contributed by atoms with E-state index in [0.29, 0.717) is 18.1 Å². The van der Waals surface area contributed by atoms with Gasteiger partial charge in [-0.1, -0.05) is 55.7 Å². The largest absolute Gasteiger partial charge is 0.489 e. The SMILES string of the molecule is O=C(O)c1ccc2c(C3CCCCC3)c3n(c2c1)CCN(CCN1CCCC(Cl)C1)c1cc(OCc2ccccc2)ccc1-3. The van der Waals surface area contributed by atoms with E-state index in [1.807, 2.05) is 24.3 Å². The van der Waals surface area contributed by atoms with Crippen molar-refractivity contribution in [3.05, 3.63) is 83.4 Å². The maximum atomic E-state index is 12.1. The Labute approximate surface area is 265 Å². The predicted molar refractivity (Wildman–Crippen MR) is 178 cm³/mol. The van der Waals surface area contributed by atoms with Crippen molar-refractivity contribution in [1.29, 1.82) is 0 Å². The zero-order valence-electron chi connectivity index (χ0n) is 25.4. The molecule has 2 aliphatic heterocycles. The van der Waals surface area contributed by atoms with Crippen LogP contribution in [-0.4, -0.2) is 58.6 Å². The van der Waals surface area contributed by atoms with Crippen LogP contribution in [0.5, 0.6) is 5.75 Å². The number of halogens is 1. The zero-order chi connectivity index (χ0) is 30.0. The standard InChI is InChI=1S/C37H42ClN3O3/c38-29-12-7-17-39(24-29)18-19-40-20-21-41-34-22-28(37(42)43)13-15-31(34)35(27-10-5-2-6-11-27)36(41)32-16-14-30(23-33(32)40)44-25-26-8-3-1-4-9-26/h1,3-4,8-9,13-16,22-23,27,29H,2,5-7,10-12,17-21,24-25H2,(H,42,43).